The molecular formula is C14H14BrFN2O. The number of nitrogen functional groups attached to an aromatic ring is 1. The number of ether oxygens (including phenoxy) is 1. The van der Waals surface area contributed by atoms with Gasteiger partial charge in [0.05, 0.1) is 18.0 Å². The van der Waals surface area contributed by atoms with E-state index in [4.69, 9.17) is 10.5 Å². The van der Waals surface area contributed by atoms with Gasteiger partial charge in [-0.1, -0.05) is 15.9 Å². The first-order valence-electron chi connectivity index (χ1n) is 5.84. The summed E-state index contributed by atoms with van der Waals surface area (Å²) in [7, 11) is 0. The minimum absolute atomic E-state index is 0.246. The molecule has 0 aliphatic carbocycles. The highest BCUT2D eigenvalue weighted by Gasteiger charge is 2.06. The number of nitrogens with two attached hydrogens (primary N) is 1. The minimum Gasteiger partial charge on any atom is -0.491 e. The summed E-state index contributed by atoms with van der Waals surface area (Å²) >= 11 is 3.37. The minimum atomic E-state index is -0.402. The van der Waals surface area contributed by atoms with E-state index in [1.807, 2.05) is 19.1 Å². The lowest BCUT2D eigenvalue weighted by Crippen LogP contribution is -1.98. The highest BCUT2D eigenvalue weighted by Crippen LogP contribution is 2.28. The molecule has 0 aromatic heterocycles. The van der Waals surface area contributed by atoms with E-state index in [1.54, 1.807) is 18.2 Å². The summed E-state index contributed by atoms with van der Waals surface area (Å²) in [5, 5.41) is 3.07. The molecule has 2 aromatic rings. The quantitative estimate of drug-likeness (QED) is 0.824. The summed E-state index contributed by atoms with van der Waals surface area (Å²) in [6.07, 6.45) is 0. The molecule has 0 saturated carbocycles. The SMILES string of the molecule is CCOc1ccc(Nc2cc(Br)ccc2N)cc1F. The Hall–Kier alpha value is -1.75. The van der Waals surface area contributed by atoms with E-state index in [2.05, 4.69) is 21.2 Å². The van der Waals surface area contributed by atoms with Gasteiger partial charge in [0.25, 0.3) is 0 Å². The molecule has 0 atom stereocenters. The average molecular weight is 325 g/mol. The average Bonchev–Trinajstić information content (AvgIpc) is 2.37. The lowest BCUT2D eigenvalue weighted by atomic mass is 10.2. The molecule has 5 heteroatoms. The molecule has 0 aliphatic rings. The number of anilines is 3. The summed E-state index contributed by atoms with van der Waals surface area (Å²) < 4.78 is 19.8. The fraction of sp³-hybridized carbons (Fsp3) is 0.143. The van der Waals surface area contributed by atoms with Crippen molar-refractivity contribution in [2.24, 2.45) is 0 Å². The van der Waals surface area contributed by atoms with Gasteiger partial charge in [-0.05, 0) is 37.3 Å². The van der Waals surface area contributed by atoms with Crippen LogP contribution in [0.3, 0.4) is 0 Å². The molecule has 0 bridgehead atoms. The molecule has 100 valence electrons. The third kappa shape index (κ3) is 3.38. The molecular weight excluding hydrogens is 311 g/mol. The lowest BCUT2D eigenvalue weighted by molar-refractivity contribution is 0.321. The van der Waals surface area contributed by atoms with Crippen LogP contribution in [0.2, 0.25) is 0 Å². The van der Waals surface area contributed by atoms with Crippen molar-refractivity contribution in [3.8, 4) is 5.75 Å². The predicted molar refractivity (Wildman–Crippen MR) is 79.4 cm³/mol. The molecule has 2 aromatic carbocycles. The molecule has 0 unspecified atom stereocenters. The molecule has 3 nitrogen and oxygen atoms in total. The second kappa shape index (κ2) is 5.93. The summed E-state index contributed by atoms with van der Waals surface area (Å²) in [6, 6.07) is 10.2. The second-order valence-electron chi connectivity index (χ2n) is 3.93. The Balaban J connectivity index is 2.24. The van der Waals surface area contributed by atoms with Crippen LogP contribution in [0.5, 0.6) is 5.75 Å². The topological polar surface area (TPSA) is 47.3 Å². The fourth-order valence-corrected chi connectivity index (χ4v) is 2.00. The Morgan fingerprint density at radius 2 is 2.05 bits per heavy atom. The van der Waals surface area contributed by atoms with Crippen molar-refractivity contribution in [3.05, 3.63) is 46.7 Å². The lowest BCUT2D eigenvalue weighted by Gasteiger charge is -2.11. The van der Waals surface area contributed by atoms with Crippen molar-refractivity contribution in [1.29, 1.82) is 0 Å². The van der Waals surface area contributed by atoms with Gasteiger partial charge in [-0.2, -0.15) is 0 Å². The third-order valence-electron chi connectivity index (χ3n) is 2.53. The molecule has 0 radical (unpaired) electrons. The van der Waals surface area contributed by atoms with Gasteiger partial charge < -0.3 is 15.8 Å². The highest BCUT2D eigenvalue weighted by molar-refractivity contribution is 9.10. The van der Waals surface area contributed by atoms with Gasteiger partial charge in [0.15, 0.2) is 11.6 Å². The molecule has 2 rings (SSSR count). The number of nitrogens with one attached hydrogen (secondary N) is 1. The predicted octanol–water partition coefficient (Wildman–Crippen LogP) is 4.31. The fourth-order valence-electron chi connectivity index (χ4n) is 1.64. The van der Waals surface area contributed by atoms with Crippen molar-refractivity contribution in [1.82, 2.24) is 0 Å². The van der Waals surface area contributed by atoms with Crippen LogP contribution >= 0.6 is 15.9 Å². The van der Waals surface area contributed by atoms with Crippen LogP contribution in [0.15, 0.2) is 40.9 Å². The smallest absolute Gasteiger partial charge is 0.167 e. The maximum absolute atomic E-state index is 13.7. The molecule has 0 amide bonds. The Morgan fingerprint density at radius 3 is 2.74 bits per heavy atom. The molecule has 0 aliphatic heterocycles. The van der Waals surface area contributed by atoms with Gasteiger partial charge in [0.1, 0.15) is 0 Å². The standard InChI is InChI=1S/C14H14BrFN2O/c1-2-19-14-6-4-10(8-11(14)16)18-13-7-9(15)3-5-12(13)17/h3-8,18H,2,17H2,1H3. The van der Waals surface area contributed by atoms with E-state index in [0.29, 0.717) is 18.0 Å². The molecule has 0 heterocycles. The van der Waals surface area contributed by atoms with Crippen LogP contribution in [-0.2, 0) is 0 Å². The first kappa shape index (κ1) is 13.7. The van der Waals surface area contributed by atoms with E-state index < -0.39 is 5.82 Å². The Bertz CT molecular complexity index is 590. The molecule has 19 heavy (non-hydrogen) atoms. The zero-order chi connectivity index (χ0) is 13.8. The van der Waals surface area contributed by atoms with Crippen LogP contribution in [0.4, 0.5) is 21.5 Å². The summed E-state index contributed by atoms with van der Waals surface area (Å²) in [6.45, 7) is 2.25. The number of rotatable bonds is 4. The molecule has 3 N–H and O–H groups in total. The van der Waals surface area contributed by atoms with Crippen molar-refractivity contribution in [3.63, 3.8) is 0 Å². The summed E-state index contributed by atoms with van der Waals surface area (Å²) in [4.78, 5) is 0. The van der Waals surface area contributed by atoms with Gasteiger partial charge in [-0.25, -0.2) is 4.39 Å². The maximum atomic E-state index is 13.7. The van der Waals surface area contributed by atoms with E-state index in [-0.39, 0.29) is 5.75 Å². The van der Waals surface area contributed by atoms with Gasteiger partial charge in [0, 0.05) is 16.2 Å². The highest BCUT2D eigenvalue weighted by atomic mass is 79.9. The molecule has 0 spiro atoms. The number of halogens is 2. The third-order valence-corrected chi connectivity index (χ3v) is 3.02. The van der Waals surface area contributed by atoms with E-state index in [0.717, 1.165) is 10.2 Å². The molecule has 0 saturated heterocycles. The number of hydrogen-bond acceptors (Lipinski definition) is 3. The maximum Gasteiger partial charge on any atom is 0.167 e. The Kier molecular flexibility index (Phi) is 4.27. The van der Waals surface area contributed by atoms with Gasteiger partial charge in [0.2, 0.25) is 0 Å². The first-order valence-corrected chi connectivity index (χ1v) is 6.64. The van der Waals surface area contributed by atoms with E-state index >= 15 is 0 Å². The van der Waals surface area contributed by atoms with E-state index in [9.17, 15) is 4.39 Å². The van der Waals surface area contributed by atoms with Crippen LogP contribution < -0.4 is 15.8 Å². The van der Waals surface area contributed by atoms with Crippen LogP contribution in [0, 0.1) is 5.82 Å². The van der Waals surface area contributed by atoms with Crippen molar-refractivity contribution in [2.45, 2.75) is 6.92 Å². The molecule has 0 fully saturated rings. The van der Waals surface area contributed by atoms with Crippen molar-refractivity contribution < 1.29 is 9.13 Å². The van der Waals surface area contributed by atoms with Gasteiger partial charge in [-0.3, -0.25) is 0 Å². The van der Waals surface area contributed by atoms with Gasteiger partial charge in [-0.15, -0.1) is 0 Å². The second-order valence-corrected chi connectivity index (χ2v) is 4.85. The van der Waals surface area contributed by atoms with Crippen LogP contribution in [-0.4, -0.2) is 6.61 Å². The van der Waals surface area contributed by atoms with Gasteiger partial charge >= 0.3 is 0 Å². The first-order chi connectivity index (χ1) is 9.10. The van der Waals surface area contributed by atoms with E-state index in [1.165, 1.54) is 6.07 Å². The van der Waals surface area contributed by atoms with Crippen molar-refractivity contribution >= 4 is 33.0 Å². The summed E-state index contributed by atoms with van der Waals surface area (Å²) in [5.74, 6) is -0.157. The number of benzene rings is 2. The zero-order valence-corrected chi connectivity index (χ0v) is 12.0. The normalized spacial score (nSPS) is 10.3. The largest absolute Gasteiger partial charge is 0.491 e. The zero-order valence-electron chi connectivity index (χ0n) is 10.4. The van der Waals surface area contributed by atoms with Crippen molar-refractivity contribution in [2.75, 3.05) is 17.7 Å². The van der Waals surface area contributed by atoms with Crippen LogP contribution in [0.25, 0.3) is 0 Å². The summed E-state index contributed by atoms with van der Waals surface area (Å²) in [5.41, 5.74) is 7.78. The Labute approximate surface area is 119 Å². The Morgan fingerprint density at radius 1 is 1.26 bits per heavy atom. The number of hydrogen-bond donors (Lipinski definition) is 2. The van der Waals surface area contributed by atoms with Crippen LogP contribution in [0.1, 0.15) is 6.92 Å². The monoisotopic (exact) mass is 324 g/mol.